The van der Waals surface area contributed by atoms with E-state index in [4.69, 9.17) is 9.47 Å². The van der Waals surface area contributed by atoms with Crippen molar-refractivity contribution in [2.24, 2.45) is 0 Å². The molecule has 2 heterocycles. The third-order valence-corrected chi connectivity index (χ3v) is 5.45. The topological polar surface area (TPSA) is 105 Å². The van der Waals surface area contributed by atoms with Gasteiger partial charge in [-0.15, -0.1) is 0 Å². The Morgan fingerprint density at radius 2 is 1.73 bits per heavy atom. The summed E-state index contributed by atoms with van der Waals surface area (Å²) in [6.07, 6.45) is -0.485. The highest BCUT2D eigenvalue weighted by Gasteiger charge is 2.38. The minimum absolute atomic E-state index is 0.0177. The van der Waals surface area contributed by atoms with Gasteiger partial charge in [0.15, 0.2) is 5.78 Å². The molecule has 1 N–H and O–H groups in total. The number of fused-ring (bicyclic) bond motifs is 1. The van der Waals surface area contributed by atoms with Gasteiger partial charge < -0.3 is 19.7 Å². The van der Waals surface area contributed by atoms with Gasteiger partial charge in [0.2, 0.25) is 0 Å². The Hall–Kier alpha value is -3.56. The van der Waals surface area contributed by atoms with Gasteiger partial charge in [-0.2, -0.15) is 0 Å². The molecule has 0 unspecified atom stereocenters. The molecule has 3 amide bonds. The average Bonchev–Trinajstić information content (AvgIpc) is 3.05. The second-order valence-electron chi connectivity index (χ2n) is 7.93. The van der Waals surface area contributed by atoms with E-state index >= 15 is 0 Å². The van der Waals surface area contributed by atoms with Crippen molar-refractivity contribution in [3.63, 3.8) is 0 Å². The number of Topliss-reactive ketones (excluding diaryl/α,β-unsaturated/α-hetero) is 1. The minimum Gasteiger partial charge on any atom is -0.383 e. The van der Waals surface area contributed by atoms with Crippen molar-refractivity contribution in [2.75, 3.05) is 49.7 Å². The van der Waals surface area contributed by atoms with Crippen LogP contribution in [0.4, 0.5) is 11.4 Å². The second-order valence-corrected chi connectivity index (χ2v) is 7.93. The van der Waals surface area contributed by atoms with Crippen LogP contribution < -0.4 is 10.2 Å². The molecule has 2 aromatic rings. The van der Waals surface area contributed by atoms with Crippen molar-refractivity contribution < 1.29 is 28.7 Å². The molecule has 0 bridgehead atoms. The molecule has 0 aliphatic carbocycles. The van der Waals surface area contributed by atoms with E-state index in [1.165, 1.54) is 11.8 Å². The quantitative estimate of drug-likeness (QED) is 0.457. The Balaban J connectivity index is 1.34. The third kappa shape index (κ3) is 5.10. The largest absolute Gasteiger partial charge is 0.383 e. The first-order chi connectivity index (χ1) is 15.9. The molecule has 9 heteroatoms. The lowest BCUT2D eigenvalue weighted by Gasteiger charge is -2.34. The van der Waals surface area contributed by atoms with Crippen LogP contribution in [0.5, 0.6) is 0 Å². The predicted molar refractivity (Wildman–Crippen MR) is 120 cm³/mol. The fraction of sp³-hybridized carbons (Fsp3) is 0.333. The Labute approximate surface area is 191 Å². The lowest BCUT2D eigenvalue weighted by molar-refractivity contribution is -0.129. The number of hydrogen-bond donors (Lipinski definition) is 1. The molecule has 4 rings (SSSR count). The van der Waals surface area contributed by atoms with Crippen LogP contribution in [-0.4, -0.2) is 74.0 Å². The monoisotopic (exact) mass is 451 g/mol. The number of nitrogens with zero attached hydrogens (tertiary/aromatic N) is 2. The summed E-state index contributed by atoms with van der Waals surface area (Å²) in [4.78, 5) is 51.4. The third-order valence-electron chi connectivity index (χ3n) is 5.45. The molecule has 1 atom stereocenters. The Kier molecular flexibility index (Phi) is 6.81. The van der Waals surface area contributed by atoms with Crippen LogP contribution in [-0.2, 0) is 19.1 Å². The molecular weight excluding hydrogens is 426 g/mol. The van der Waals surface area contributed by atoms with E-state index in [0.717, 1.165) is 5.69 Å². The van der Waals surface area contributed by atoms with Gasteiger partial charge in [0.05, 0.1) is 36.9 Å². The molecule has 2 aliphatic rings. The summed E-state index contributed by atoms with van der Waals surface area (Å²) in [7, 11) is 0. The van der Waals surface area contributed by atoms with E-state index in [-0.39, 0.29) is 49.8 Å². The second kappa shape index (κ2) is 9.93. The molecule has 0 saturated carbocycles. The van der Waals surface area contributed by atoms with E-state index in [1.807, 2.05) is 24.3 Å². The van der Waals surface area contributed by atoms with Crippen molar-refractivity contribution in [1.29, 1.82) is 0 Å². The fourth-order valence-electron chi connectivity index (χ4n) is 3.84. The normalized spacial score (nSPS) is 18.0. The maximum Gasteiger partial charge on any atom is 0.261 e. The van der Waals surface area contributed by atoms with Crippen molar-refractivity contribution >= 4 is 34.9 Å². The van der Waals surface area contributed by atoms with Gasteiger partial charge in [-0.3, -0.25) is 24.1 Å². The van der Waals surface area contributed by atoms with E-state index in [9.17, 15) is 19.2 Å². The first kappa shape index (κ1) is 22.6. The van der Waals surface area contributed by atoms with E-state index in [0.29, 0.717) is 30.0 Å². The van der Waals surface area contributed by atoms with Crippen molar-refractivity contribution in [3.8, 4) is 0 Å². The Morgan fingerprint density at radius 3 is 2.36 bits per heavy atom. The standard InChI is InChI=1S/C24H25N3O6/c1-16(28)14-32-11-10-25-17-6-8-18(9-7-17)26-12-19(33-15-22(26)29)13-27-23(30)20-4-2-3-5-21(20)24(27)31/h2-9,19,25H,10-15H2,1H3/t19-/m1/s1. The zero-order valence-electron chi connectivity index (χ0n) is 18.3. The van der Waals surface area contributed by atoms with Gasteiger partial charge in [-0.05, 0) is 43.3 Å². The number of hydrogen-bond acceptors (Lipinski definition) is 7. The van der Waals surface area contributed by atoms with Gasteiger partial charge in [-0.25, -0.2) is 0 Å². The lowest BCUT2D eigenvalue weighted by Crippen LogP contribution is -2.51. The SMILES string of the molecule is CC(=O)COCCNc1ccc(N2C[C@H](CN3C(=O)c4ccccc4C3=O)OCC2=O)cc1. The highest BCUT2D eigenvalue weighted by atomic mass is 16.5. The summed E-state index contributed by atoms with van der Waals surface area (Å²) in [5.74, 6) is -0.890. The smallest absolute Gasteiger partial charge is 0.261 e. The molecule has 33 heavy (non-hydrogen) atoms. The zero-order chi connectivity index (χ0) is 23.4. The number of ketones is 1. The number of imide groups is 1. The number of rotatable bonds is 9. The average molecular weight is 451 g/mol. The molecule has 1 fully saturated rings. The summed E-state index contributed by atoms with van der Waals surface area (Å²) in [6, 6.07) is 14.1. The van der Waals surface area contributed by atoms with Crippen LogP contribution in [0.1, 0.15) is 27.6 Å². The summed E-state index contributed by atoms with van der Waals surface area (Å²) in [5.41, 5.74) is 2.34. The molecule has 2 aliphatic heterocycles. The molecular formula is C24H25N3O6. The molecule has 0 radical (unpaired) electrons. The highest BCUT2D eigenvalue weighted by Crippen LogP contribution is 2.25. The van der Waals surface area contributed by atoms with E-state index < -0.39 is 6.10 Å². The number of nitrogens with one attached hydrogen (secondary N) is 1. The van der Waals surface area contributed by atoms with Crippen molar-refractivity contribution in [3.05, 3.63) is 59.7 Å². The summed E-state index contributed by atoms with van der Waals surface area (Å²) in [5, 5.41) is 3.19. The molecule has 2 aromatic carbocycles. The summed E-state index contributed by atoms with van der Waals surface area (Å²) >= 11 is 0. The highest BCUT2D eigenvalue weighted by molar-refractivity contribution is 6.21. The minimum atomic E-state index is -0.485. The van der Waals surface area contributed by atoms with Crippen molar-refractivity contribution in [2.45, 2.75) is 13.0 Å². The molecule has 0 aromatic heterocycles. The fourth-order valence-corrected chi connectivity index (χ4v) is 3.84. The zero-order valence-corrected chi connectivity index (χ0v) is 18.3. The number of benzene rings is 2. The number of carbonyl (C=O) groups is 4. The van der Waals surface area contributed by atoms with Crippen LogP contribution in [0.3, 0.4) is 0 Å². The van der Waals surface area contributed by atoms with Gasteiger partial charge in [0.1, 0.15) is 13.2 Å². The number of anilines is 2. The molecule has 172 valence electrons. The van der Waals surface area contributed by atoms with Gasteiger partial charge in [0.25, 0.3) is 17.7 Å². The first-order valence-electron chi connectivity index (χ1n) is 10.7. The van der Waals surface area contributed by atoms with E-state index in [2.05, 4.69) is 5.32 Å². The molecule has 1 saturated heterocycles. The van der Waals surface area contributed by atoms with Crippen molar-refractivity contribution in [1.82, 2.24) is 4.90 Å². The lowest BCUT2D eigenvalue weighted by atomic mass is 10.1. The van der Waals surface area contributed by atoms with Crippen LogP contribution in [0.2, 0.25) is 0 Å². The predicted octanol–water partition coefficient (Wildman–Crippen LogP) is 1.73. The maximum absolute atomic E-state index is 12.6. The molecule has 9 nitrogen and oxygen atoms in total. The van der Waals surface area contributed by atoms with Gasteiger partial charge >= 0.3 is 0 Å². The number of amides is 3. The van der Waals surface area contributed by atoms with Crippen LogP contribution in [0.15, 0.2) is 48.5 Å². The number of morpholine rings is 1. The van der Waals surface area contributed by atoms with Gasteiger partial charge in [-0.1, -0.05) is 12.1 Å². The van der Waals surface area contributed by atoms with Crippen LogP contribution >= 0.6 is 0 Å². The summed E-state index contributed by atoms with van der Waals surface area (Å²) in [6.45, 7) is 2.72. The van der Waals surface area contributed by atoms with Crippen LogP contribution in [0, 0.1) is 0 Å². The number of carbonyl (C=O) groups excluding carboxylic acids is 4. The number of ether oxygens (including phenoxy) is 2. The molecule has 0 spiro atoms. The first-order valence-corrected chi connectivity index (χ1v) is 10.7. The maximum atomic E-state index is 12.6. The summed E-state index contributed by atoms with van der Waals surface area (Å²) < 4.78 is 10.8. The van der Waals surface area contributed by atoms with Crippen LogP contribution in [0.25, 0.3) is 0 Å². The Morgan fingerprint density at radius 1 is 1.06 bits per heavy atom. The van der Waals surface area contributed by atoms with E-state index in [1.54, 1.807) is 29.2 Å². The van der Waals surface area contributed by atoms with Gasteiger partial charge in [0, 0.05) is 17.9 Å². The Bertz CT molecular complexity index is 1030.